The fourth-order valence-corrected chi connectivity index (χ4v) is 0. The van der Waals surface area contributed by atoms with Crippen molar-refractivity contribution in [1.29, 1.82) is 0 Å². The minimum absolute atomic E-state index is 0. The van der Waals surface area contributed by atoms with Crippen molar-refractivity contribution in [2.75, 3.05) is 0 Å². The van der Waals surface area contributed by atoms with Gasteiger partial charge in [-0.25, -0.2) is 0 Å². The van der Waals surface area contributed by atoms with Gasteiger partial charge < -0.3 is 15.1 Å². The van der Waals surface area contributed by atoms with E-state index in [1.165, 1.54) is 0 Å². The van der Waals surface area contributed by atoms with Crippen LogP contribution in [0.1, 0.15) is 0 Å². The second-order valence-electron chi connectivity index (χ2n) is 0.346. The fraction of sp³-hybridized carbons (Fsp3) is 0. The Labute approximate surface area is 107 Å². The normalized spacial score (nSPS) is 4.50. The molecule has 0 aromatic rings. The van der Waals surface area contributed by atoms with E-state index in [1.807, 2.05) is 0 Å². The summed E-state index contributed by atoms with van der Waals surface area (Å²) in [4.78, 5) is 0. The summed E-state index contributed by atoms with van der Waals surface area (Å²) < 4.78 is 0. The van der Waals surface area contributed by atoms with E-state index in [4.69, 9.17) is 15.1 Å². The van der Waals surface area contributed by atoms with Crippen molar-refractivity contribution in [3.63, 3.8) is 0 Å². The standard InChI is InChI=1S/BH3O3.Cs.Li.2H/c2-1(3)4;;;;/h2-4H;;;;. The topological polar surface area (TPSA) is 60.7 Å². The summed E-state index contributed by atoms with van der Waals surface area (Å²) >= 11 is 0. The first-order valence-corrected chi connectivity index (χ1v) is 0.775. The molecule has 0 aromatic heterocycles. The molecule has 0 bridgehead atoms. The molecule has 0 radical (unpaired) electrons. The summed E-state index contributed by atoms with van der Waals surface area (Å²) in [5.74, 6) is 0. The third-order valence-corrected chi connectivity index (χ3v) is 0. The predicted molar refractivity (Wildman–Crippen MR) is 26.7 cm³/mol. The van der Waals surface area contributed by atoms with E-state index in [0.717, 1.165) is 0 Å². The summed E-state index contributed by atoms with van der Waals surface area (Å²) in [6, 6.07) is 0. The summed E-state index contributed by atoms with van der Waals surface area (Å²) in [6.45, 7) is 0. The van der Waals surface area contributed by atoms with Crippen LogP contribution in [-0.2, 0) is 0 Å². The zero-order chi connectivity index (χ0) is 3.58. The van der Waals surface area contributed by atoms with E-state index in [1.54, 1.807) is 0 Å². The quantitative estimate of drug-likeness (QED) is 0.361. The van der Waals surface area contributed by atoms with E-state index in [0.29, 0.717) is 0 Å². The molecule has 0 amide bonds. The summed E-state index contributed by atoms with van der Waals surface area (Å²) in [7, 11) is -2.17. The summed E-state index contributed by atoms with van der Waals surface area (Å²) in [5, 5.41) is 21.5. The SMILES string of the molecule is OB(O)O.[CsH].[LiH]. The van der Waals surface area contributed by atoms with Gasteiger partial charge in [0.1, 0.15) is 0 Å². The van der Waals surface area contributed by atoms with E-state index in [9.17, 15) is 0 Å². The second-order valence-corrected chi connectivity index (χ2v) is 0.346. The van der Waals surface area contributed by atoms with Gasteiger partial charge in [-0.15, -0.1) is 0 Å². The van der Waals surface area contributed by atoms with Crippen LogP contribution in [0.3, 0.4) is 0 Å². The van der Waals surface area contributed by atoms with E-state index in [-0.39, 0.29) is 87.8 Å². The fourth-order valence-electron chi connectivity index (χ4n) is 0. The molecule has 28 valence electrons. The van der Waals surface area contributed by atoms with Gasteiger partial charge in [0.05, 0.1) is 0 Å². The molecule has 3 N–H and O–H groups in total. The average molecular weight is 204 g/mol. The molecule has 0 atom stereocenters. The predicted octanol–water partition coefficient (Wildman–Crippen LogP) is -3.35. The van der Waals surface area contributed by atoms with Gasteiger partial charge in [0.25, 0.3) is 0 Å². The molecular weight excluding hydrogens is 199 g/mol. The molecule has 0 fully saturated rings. The van der Waals surface area contributed by atoms with Crippen molar-refractivity contribution in [2.45, 2.75) is 0 Å². The van der Waals surface area contributed by atoms with Crippen molar-refractivity contribution in [2.24, 2.45) is 0 Å². The summed E-state index contributed by atoms with van der Waals surface area (Å²) in [5.41, 5.74) is 0. The van der Waals surface area contributed by atoms with Crippen LogP contribution >= 0.6 is 0 Å². The Morgan fingerprint density at radius 3 is 1.00 bits per heavy atom. The van der Waals surface area contributed by atoms with Crippen LogP contribution in [0.5, 0.6) is 0 Å². The van der Waals surface area contributed by atoms with Crippen LogP contribution in [0.4, 0.5) is 0 Å². The van der Waals surface area contributed by atoms with Crippen LogP contribution in [-0.4, -0.2) is 110 Å². The van der Waals surface area contributed by atoms with E-state index < -0.39 is 7.32 Å². The van der Waals surface area contributed by atoms with Gasteiger partial charge in [-0.1, -0.05) is 0 Å². The molecule has 0 heterocycles. The van der Waals surface area contributed by atoms with Gasteiger partial charge in [-0.3, -0.25) is 0 Å². The van der Waals surface area contributed by atoms with Crippen LogP contribution in [0.15, 0.2) is 0 Å². The van der Waals surface area contributed by atoms with Crippen molar-refractivity contribution in [3.05, 3.63) is 0 Å². The zero-order valence-corrected chi connectivity index (χ0v) is 1.92. The Balaban J connectivity index is -0.0000000450. The molecule has 0 spiro atoms. The van der Waals surface area contributed by atoms with E-state index >= 15 is 0 Å². The summed E-state index contributed by atoms with van der Waals surface area (Å²) in [6.07, 6.45) is 0. The first kappa shape index (κ1) is 15.8. The first-order chi connectivity index (χ1) is 1.73. The van der Waals surface area contributed by atoms with Crippen LogP contribution in [0.25, 0.3) is 0 Å². The Bertz CT molecular complexity index is 15.5. The van der Waals surface area contributed by atoms with Gasteiger partial charge in [-0.05, 0) is 0 Å². The second kappa shape index (κ2) is 10.6. The zero-order valence-electron chi connectivity index (χ0n) is 1.92. The molecule has 6 heteroatoms. The molecule has 6 heavy (non-hydrogen) atoms. The van der Waals surface area contributed by atoms with Crippen LogP contribution in [0.2, 0.25) is 0 Å². The van der Waals surface area contributed by atoms with Gasteiger partial charge >= 0.3 is 95.1 Å². The third kappa shape index (κ3) is 30.7. The molecule has 0 saturated carbocycles. The maximum absolute atomic E-state index is 7.17. The van der Waals surface area contributed by atoms with Crippen LogP contribution < -0.4 is 0 Å². The average Bonchev–Trinajstić information content (AvgIpc) is 0.811. The molecule has 3 nitrogen and oxygen atoms in total. The molecule has 0 aromatic carbocycles. The molecule has 0 saturated heterocycles. The van der Waals surface area contributed by atoms with Crippen molar-refractivity contribution in [1.82, 2.24) is 0 Å². The molecule has 0 aliphatic carbocycles. The Hall–Kier alpha value is 2.59. The Morgan fingerprint density at radius 2 is 1.00 bits per heavy atom. The first-order valence-electron chi connectivity index (χ1n) is 0.775. The number of hydrogen-bond donors (Lipinski definition) is 3. The molecule has 0 unspecified atom stereocenters. The van der Waals surface area contributed by atoms with Gasteiger partial charge in [0.2, 0.25) is 0 Å². The van der Waals surface area contributed by atoms with Crippen molar-refractivity contribution >= 4 is 95.1 Å². The maximum atomic E-state index is 7.17. The number of rotatable bonds is 0. The van der Waals surface area contributed by atoms with Crippen molar-refractivity contribution < 1.29 is 15.1 Å². The Morgan fingerprint density at radius 1 is 1.00 bits per heavy atom. The minimum atomic E-state index is -2.17. The van der Waals surface area contributed by atoms with Gasteiger partial charge in [0, 0.05) is 0 Å². The van der Waals surface area contributed by atoms with Gasteiger partial charge in [-0.2, -0.15) is 0 Å². The molecule has 0 aliphatic rings. The Kier molecular flexibility index (Phi) is 27.9. The number of hydrogen-bond acceptors (Lipinski definition) is 3. The van der Waals surface area contributed by atoms with Crippen LogP contribution in [0, 0.1) is 0 Å². The van der Waals surface area contributed by atoms with Gasteiger partial charge in [0.15, 0.2) is 0 Å². The molecular formula is H5BCsLiO3. The third-order valence-electron chi connectivity index (χ3n) is 0. The monoisotopic (exact) mass is 204 g/mol. The van der Waals surface area contributed by atoms with E-state index in [2.05, 4.69) is 0 Å². The molecule has 0 rings (SSSR count). The van der Waals surface area contributed by atoms with Crippen molar-refractivity contribution in [3.8, 4) is 0 Å². The molecule has 0 aliphatic heterocycles.